The van der Waals surface area contributed by atoms with Gasteiger partial charge in [-0.25, -0.2) is 4.68 Å². The molecule has 0 spiro atoms. The van der Waals surface area contributed by atoms with Gasteiger partial charge in [-0.05, 0) is 12.1 Å². The number of nitriles is 1. The molecule has 2 aromatic heterocycles. The molecule has 0 aliphatic heterocycles. The van der Waals surface area contributed by atoms with E-state index < -0.39 is 17.4 Å². The molecule has 0 fully saturated rings. The van der Waals surface area contributed by atoms with Gasteiger partial charge in [0.2, 0.25) is 0 Å². The number of methoxy groups -OCH3 is 1. The van der Waals surface area contributed by atoms with E-state index in [0.717, 1.165) is 15.6 Å². The Kier molecular flexibility index (Phi) is 4.96. The molecule has 1 unspecified atom stereocenters. The number of aromatic nitrogens is 3. The maximum Gasteiger partial charge on any atom is 0.327 e. The normalized spacial score (nSPS) is 11.7. The second-order valence-electron chi connectivity index (χ2n) is 5.44. The zero-order chi connectivity index (χ0) is 18.7. The maximum absolute atomic E-state index is 12.3. The highest BCUT2D eigenvalue weighted by Crippen LogP contribution is 2.27. The molecule has 0 aliphatic carbocycles. The van der Waals surface area contributed by atoms with E-state index in [2.05, 4.69) is 20.9 Å². The van der Waals surface area contributed by atoms with Crippen LogP contribution in [-0.4, -0.2) is 27.8 Å². The smallest absolute Gasteiger partial charge is 0.327 e. The number of fused-ring (bicyclic) bond motifs is 1. The largest absolute Gasteiger partial charge is 0.468 e. The van der Waals surface area contributed by atoms with Gasteiger partial charge in [0.1, 0.15) is 17.5 Å². The molecule has 2 heterocycles. The van der Waals surface area contributed by atoms with Crippen molar-refractivity contribution in [3.8, 4) is 6.07 Å². The van der Waals surface area contributed by atoms with E-state index in [9.17, 15) is 14.9 Å². The zero-order valence-corrected chi connectivity index (χ0v) is 14.5. The van der Waals surface area contributed by atoms with Crippen LogP contribution < -0.4 is 5.56 Å². The number of benzene rings is 1. The highest BCUT2D eigenvalue weighted by atomic mass is 35.5. The van der Waals surface area contributed by atoms with Crippen molar-refractivity contribution in [3.63, 3.8) is 0 Å². The van der Waals surface area contributed by atoms with Crippen molar-refractivity contribution in [2.24, 2.45) is 0 Å². The molecule has 130 valence electrons. The number of para-hydroxylation sites is 1. The van der Waals surface area contributed by atoms with Crippen LogP contribution in [0.2, 0.25) is 5.02 Å². The Morgan fingerprint density at radius 1 is 1.35 bits per heavy atom. The number of hydrogen-bond acceptors (Lipinski definition) is 6. The molecule has 0 bridgehead atoms. The number of halogens is 1. The quantitative estimate of drug-likeness (QED) is 0.655. The molecule has 7 nitrogen and oxygen atoms in total. The second kappa shape index (κ2) is 7.33. The summed E-state index contributed by atoms with van der Waals surface area (Å²) in [6.45, 7) is -0.360. The van der Waals surface area contributed by atoms with Gasteiger partial charge in [0.15, 0.2) is 0 Å². The summed E-state index contributed by atoms with van der Waals surface area (Å²) < 4.78 is 5.40. The monoisotopic (exact) mass is 368 g/mol. The third-order valence-electron chi connectivity index (χ3n) is 3.87. The number of ether oxygens (including phenoxy) is 1. The minimum absolute atomic E-state index is 0.176. The first kappa shape index (κ1) is 17.6. The lowest BCUT2D eigenvalue weighted by atomic mass is 9.98. The standard InChI is InChI=1S/C18H13ClN4O3/c1-26-16(24)10-23-18(25)17(19)13(9-21-23)12(8-20)15-7-6-11-4-2-3-5-14(11)22-15/h2-7,9,12H,10H2,1H3. The van der Waals surface area contributed by atoms with E-state index in [0.29, 0.717) is 5.69 Å². The fourth-order valence-corrected chi connectivity index (χ4v) is 2.77. The number of rotatable bonds is 4. The molecular formula is C18H13ClN4O3. The van der Waals surface area contributed by atoms with Gasteiger partial charge < -0.3 is 4.74 Å². The van der Waals surface area contributed by atoms with Crippen molar-refractivity contribution >= 4 is 28.5 Å². The molecule has 0 N–H and O–H groups in total. The van der Waals surface area contributed by atoms with Crippen LogP contribution >= 0.6 is 11.6 Å². The molecule has 0 aliphatic rings. The first-order valence-corrected chi connectivity index (χ1v) is 8.00. The Balaban J connectivity index is 2.05. The molecular weight excluding hydrogens is 356 g/mol. The second-order valence-corrected chi connectivity index (χ2v) is 5.82. The molecule has 1 atom stereocenters. The molecule has 0 saturated heterocycles. The van der Waals surface area contributed by atoms with Crippen molar-refractivity contribution in [1.29, 1.82) is 5.26 Å². The van der Waals surface area contributed by atoms with Gasteiger partial charge in [0.05, 0.1) is 30.6 Å². The Hall–Kier alpha value is -3.24. The number of carbonyl (C=O) groups is 1. The number of carbonyl (C=O) groups excluding carboxylic acids is 1. The molecule has 0 saturated carbocycles. The summed E-state index contributed by atoms with van der Waals surface area (Å²) in [5.74, 6) is -1.49. The molecule has 0 radical (unpaired) electrons. The van der Waals surface area contributed by atoms with Gasteiger partial charge in [-0.15, -0.1) is 0 Å². The topological polar surface area (TPSA) is 97.9 Å². The van der Waals surface area contributed by atoms with Crippen LogP contribution in [0.4, 0.5) is 0 Å². The van der Waals surface area contributed by atoms with Crippen LogP contribution in [0.25, 0.3) is 10.9 Å². The first-order chi connectivity index (χ1) is 12.5. The molecule has 3 rings (SSSR count). The number of hydrogen-bond donors (Lipinski definition) is 0. The fourth-order valence-electron chi connectivity index (χ4n) is 2.52. The predicted molar refractivity (Wildman–Crippen MR) is 94.7 cm³/mol. The van der Waals surface area contributed by atoms with Crippen molar-refractivity contribution < 1.29 is 9.53 Å². The third kappa shape index (κ3) is 3.27. The highest BCUT2D eigenvalue weighted by molar-refractivity contribution is 6.31. The lowest BCUT2D eigenvalue weighted by Gasteiger charge is -2.12. The summed E-state index contributed by atoms with van der Waals surface area (Å²) >= 11 is 6.16. The van der Waals surface area contributed by atoms with Gasteiger partial charge in [0.25, 0.3) is 5.56 Å². The Bertz CT molecular complexity index is 1090. The molecule has 8 heteroatoms. The summed E-state index contributed by atoms with van der Waals surface area (Å²) in [5, 5.41) is 14.3. The van der Waals surface area contributed by atoms with Gasteiger partial charge in [-0.2, -0.15) is 10.4 Å². The van der Waals surface area contributed by atoms with E-state index in [1.807, 2.05) is 30.3 Å². The van der Waals surface area contributed by atoms with Crippen LogP contribution in [0.5, 0.6) is 0 Å². The average molecular weight is 369 g/mol. The van der Waals surface area contributed by atoms with E-state index in [1.54, 1.807) is 6.07 Å². The fraction of sp³-hybridized carbons (Fsp3) is 0.167. The van der Waals surface area contributed by atoms with Crippen molar-refractivity contribution in [2.75, 3.05) is 7.11 Å². The van der Waals surface area contributed by atoms with E-state index in [4.69, 9.17) is 11.6 Å². The minimum atomic E-state index is -0.861. The molecule has 0 amide bonds. The number of esters is 1. The number of pyridine rings is 1. The highest BCUT2D eigenvalue weighted by Gasteiger charge is 2.22. The van der Waals surface area contributed by atoms with Gasteiger partial charge in [0, 0.05) is 10.9 Å². The van der Waals surface area contributed by atoms with Gasteiger partial charge >= 0.3 is 5.97 Å². The SMILES string of the molecule is COC(=O)Cn1ncc(C(C#N)c2ccc3ccccc3n2)c(Cl)c1=O. The summed E-state index contributed by atoms with van der Waals surface area (Å²) in [6, 6.07) is 13.2. The van der Waals surface area contributed by atoms with Crippen LogP contribution in [0.1, 0.15) is 17.2 Å². The minimum Gasteiger partial charge on any atom is -0.468 e. The van der Waals surface area contributed by atoms with E-state index >= 15 is 0 Å². The summed E-state index contributed by atoms with van der Waals surface area (Å²) in [7, 11) is 1.21. The van der Waals surface area contributed by atoms with Crippen LogP contribution in [-0.2, 0) is 16.1 Å². The predicted octanol–water partition coefficient (Wildman–Crippen LogP) is 2.27. The Morgan fingerprint density at radius 3 is 2.85 bits per heavy atom. The van der Waals surface area contributed by atoms with Crippen LogP contribution in [0.3, 0.4) is 0 Å². The lowest BCUT2D eigenvalue weighted by Crippen LogP contribution is -2.28. The van der Waals surface area contributed by atoms with E-state index in [-0.39, 0.29) is 17.1 Å². The zero-order valence-electron chi connectivity index (χ0n) is 13.7. The van der Waals surface area contributed by atoms with Crippen molar-refractivity contribution in [1.82, 2.24) is 14.8 Å². The van der Waals surface area contributed by atoms with Crippen molar-refractivity contribution in [3.05, 3.63) is 69.2 Å². The van der Waals surface area contributed by atoms with Crippen molar-refractivity contribution in [2.45, 2.75) is 12.5 Å². The van der Waals surface area contributed by atoms with E-state index in [1.165, 1.54) is 13.3 Å². The Labute approximate surface area is 153 Å². The van der Waals surface area contributed by atoms with Crippen LogP contribution in [0.15, 0.2) is 47.4 Å². The summed E-state index contributed by atoms with van der Waals surface area (Å²) in [4.78, 5) is 28.2. The summed E-state index contributed by atoms with van der Waals surface area (Å²) in [6.07, 6.45) is 1.30. The molecule has 1 aromatic carbocycles. The van der Waals surface area contributed by atoms with Gasteiger partial charge in [-0.1, -0.05) is 35.9 Å². The molecule has 26 heavy (non-hydrogen) atoms. The lowest BCUT2D eigenvalue weighted by molar-refractivity contribution is -0.141. The summed E-state index contributed by atoms with van der Waals surface area (Å²) in [5.41, 5.74) is 0.757. The third-order valence-corrected chi connectivity index (χ3v) is 4.25. The number of nitrogens with zero attached hydrogens (tertiary/aromatic N) is 4. The van der Waals surface area contributed by atoms with Gasteiger partial charge in [-0.3, -0.25) is 14.6 Å². The average Bonchev–Trinajstić information content (AvgIpc) is 2.67. The molecule has 3 aromatic rings. The maximum atomic E-state index is 12.3. The van der Waals surface area contributed by atoms with Crippen LogP contribution in [0, 0.1) is 11.3 Å². The first-order valence-electron chi connectivity index (χ1n) is 7.62. The Morgan fingerprint density at radius 2 is 2.12 bits per heavy atom.